The molecule has 1 aromatic heterocycles. The number of hydrogen-bond donors (Lipinski definition) is 1. The Morgan fingerprint density at radius 1 is 1.16 bits per heavy atom. The summed E-state index contributed by atoms with van der Waals surface area (Å²) < 4.78 is 5.70. The molecule has 3 nitrogen and oxygen atoms in total. The maximum atomic E-state index is 5.70. The third-order valence-electron chi connectivity index (χ3n) is 2.80. The molecule has 0 radical (unpaired) electrons. The molecular weight excluding hydrogens is 236 g/mol. The van der Waals surface area contributed by atoms with Gasteiger partial charge in [0, 0.05) is 12.7 Å². The van der Waals surface area contributed by atoms with Crippen molar-refractivity contribution in [1.82, 2.24) is 4.98 Å². The van der Waals surface area contributed by atoms with E-state index in [0.29, 0.717) is 0 Å². The minimum atomic E-state index is 0.752. The van der Waals surface area contributed by atoms with Crippen molar-refractivity contribution in [3.63, 3.8) is 0 Å². The average molecular weight is 256 g/mol. The Morgan fingerprint density at radius 2 is 2.11 bits per heavy atom. The molecule has 0 bridgehead atoms. The highest BCUT2D eigenvalue weighted by atomic mass is 16.5. The van der Waals surface area contributed by atoms with Crippen molar-refractivity contribution in [3.8, 4) is 5.75 Å². The van der Waals surface area contributed by atoms with Crippen LogP contribution in [0.25, 0.3) is 0 Å². The molecule has 0 saturated carbocycles. The first-order chi connectivity index (χ1) is 9.38. The van der Waals surface area contributed by atoms with Crippen LogP contribution in [0.5, 0.6) is 5.75 Å². The summed E-state index contributed by atoms with van der Waals surface area (Å²) in [6.07, 6.45) is 4.03. The number of aromatic nitrogens is 1. The normalized spacial score (nSPS) is 10.2. The molecule has 0 fully saturated rings. The lowest BCUT2D eigenvalue weighted by molar-refractivity contribution is 0.309. The van der Waals surface area contributed by atoms with E-state index >= 15 is 0 Å². The first-order valence-corrected chi connectivity index (χ1v) is 6.75. The monoisotopic (exact) mass is 256 g/mol. The van der Waals surface area contributed by atoms with E-state index < -0.39 is 0 Å². The van der Waals surface area contributed by atoms with E-state index in [1.165, 1.54) is 5.56 Å². The average Bonchev–Trinajstić information content (AvgIpc) is 2.47. The predicted octanol–water partition coefficient (Wildman–Crippen LogP) is 3.87. The van der Waals surface area contributed by atoms with Gasteiger partial charge in [-0.25, -0.2) is 4.98 Å². The molecule has 2 rings (SSSR count). The number of rotatable bonds is 7. The van der Waals surface area contributed by atoms with Crippen molar-refractivity contribution in [2.45, 2.75) is 26.3 Å². The fourth-order valence-electron chi connectivity index (χ4n) is 1.74. The Labute approximate surface area is 114 Å². The maximum Gasteiger partial charge on any atom is 0.126 e. The standard InChI is InChI=1S/C16H20N2O/c1-2-3-11-19-15-8-6-7-14(12-15)13-18-16-9-4-5-10-17-16/h4-10,12H,2-3,11,13H2,1H3,(H,17,18). The summed E-state index contributed by atoms with van der Waals surface area (Å²) in [4.78, 5) is 4.23. The lowest BCUT2D eigenvalue weighted by atomic mass is 10.2. The quantitative estimate of drug-likeness (QED) is 0.763. The summed E-state index contributed by atoms with van der Waals surface area (Å²) in [5.74, 6) is 1.83. The van der Waals surface area contributed by atoms with E-state index in [1.807, 2.05) is 30.3 Å². The summed E-state index contributed by atoms with van der Waals surface area (Å²) in [6.45, 7) is 3.70. The van der Waals surface area contributed by atoms with Gasteiger partial charge in [-0.3, -0.25) is 0 Å². The van der Waals surface area contributed by atoms with Crippen LogP contribution in [0.2, 0.25) is 0 Å². The second kappa shape index (κ2) is 7.41. The smallest absolute Gasteiger partial charge is 0.126 e. The summed E-state index contributed by atoms with van der Waals surface area (Å²) in [5, 5.41) is 3.29. The van der Waals surface area contributed by atoms with Crippen LogP contribution >= 0.6 is 0 Å². The van der Waals surface area contributed by atoms with Crippen molar-refractivity contribution in [2.75, 3.05) is 11.9 Å². The largest absolute Gasteiger partial charge is 0.494 e. The third-order valence-corrected chi connectivity index (χ3v) is 2.80. The highest BCUT2D eigenvalue weighted by Gasteiger charge is 1.98. The molecule has 0 amide bonds. The molecule has 0 saturated heterocycles. The first-order valence-electron chi connectivity index (χ1n) is 6.75. The number of nitrogens with one attached hydrogen (secondary N) is 1. The Kier molecular flexibility index (Phi) is 5.23. The zero-order valence-electron chi connectivity index (χ0n) is 11.3. The number of unbranched alkanes of at least 4 members (excludes halogenated alkanes) is 1. The Morgan fingerprint density at radius 3 is 2.89 bits per heavy atom. The number of pyridine rings is 1. The molecule has 1 aromatic carbocycles. The molecule has 2 aromatic rings. The van der Waals surface area contributed by atoms with Gasteiger partial charge in [0.15, 0.2) is 0 Å². The second-order valence-electron chi connectivity index (χ2n) is 4.42. The molecule has 0 atom stereocenters. The van der Waals surface area contributed by atoms with Crippen molar-refractivity contribution in [2.24, 2.45) is 0 Å². The predicted molar refractivity (Wildman–Crippen MR) is 78.4 cm³/mol. The van der Waals surface area contributed by atoms with Crippen LogP contribution in [-0.2, 0) is 6.54 Å². The summed E-state index contributed by atoms with van der Waals surface area (Å²) in [6, 6.07) is 14.0. The minimum absolute atomic E-state index is 0.752. The van der Waals surface area contributed by atoms with E-state index in [2.05, 4.69) is 29.4 Å². The van der Waals surface area contributed by atoms with Crippen LogP contribution in [0.4, 0.5) is 5.82 Å². The topological polar surface area (TPSA) is 34.1 Å². The van der Waals surface area contributed by atoms with Crippen molar-refractivity contribution in [3.05, 3.63) is 54.2 Å². The zero-order chi connectivity index (χ0) is 13.3. The highest BCUT2D eigenvalue weighted by molar-refractivity contribution is 5.36. The summed E-state index contributed by atoms with van der Waals surface area (Å²) in [7, 11) is 0. The van der Waals surface area contributed by atoms with Crippen molar-refractivity contribution < 1.29 is 4.74 Å². The maximum absolute atomic E-state index is 5.70. The number of nitrogens with zero attached hydrogens (tertiary/aromatic N) is 1. The van der Waals surface area contributed by atoms with Crippen LogP contribution < -0.4 is 10.1 Å². The van der Waals surface area contributed by atoms with Crippen LogP contribution in [0.1, 0.15) is 25.3 Å². The van der Waals surface area contributed by atoms with Gasteiger partial charge in [-0.15, -0.1) is 0 Å². The fourth-order valence-corrected chi connectivity index (χ4v) is 1.74. The number of ether oxygens (including phenoxy) is 1. The van der Waals surface area contributed by atoms with Gasteiger partial charge in [-0.05, 0) is 36.2 Å². The van der Waals surface area contributed by atoms with E-state index in [9.17, 15) is 0 Å². The minimum Gasteiger partial charge on any atom is -0.494 e. The zero-order valence-corrected chi connectivity index (χ0v) is 11.3. The molecule has 3 heteroatoms. The molecular formula is C16H20N2O. The van der Waals surface area contributed by atoms with Gasteiger partial charge in [0.05, 0.1) is 6.61 Å². The van der Waals surface area contributed by atoms with Gasteiger partial charge in [-0.2, -0.15) is 0 Å². The third kappa shape index (κ3) is 4.62. The Bertz CT molecular complexity index is 485. The van der Waals surface area contributed by atoms with Gasteiger partial charge < -0.3 is 10.1 Å². The van der Waals surface area contributed by atoms with Crippen LogP contribution in [0.15, 0.2) is 48.7 Å². The van der Waals surface area contributed by atoms with Gasteiger partial charge >= 0.3 is 0 Å². The highest BCUT2D eigenvalue weighted by Crippen LogP contribution is 2.15. The fraction of sp³-hybridized carbons (Fsp3) is 0.312. The van der Waals surface area contributed by atoms with E-state index in [4.69, 9.17) is 4.74 Å². The lowest BCUT2D eigenvalue weighted by Crippen LogP contribution is -2.02. The Balaban J connectivity index is 1.88. The number of anilines is 1. The van der Waals surface area contributed by atoms with Crippen molar-refractivity contribution >= 4 is 5.82 Å². The van der Waals surface area contributed by atoms with Gasteiger partial charge in [0.2, 0.25) is 0 Å². The Hall–Kier alpha value is -2.03. The van der Waals surface area contributed by atoms with Crippen molar-refractivity contribution in [1.29, 1.82) is 0 Å². The molecule has 0 aliphatic carbocycles. The van der Waals surface area contributed by atoms with Crippen LogP contribution in [-0.4, -0.2) is 11.6 Å². The second-order valence-corrected chi connectivity index (χ2v) is 4.42. The molecule has 0 aliphatic heterocycles. The van der Waals surface area contributed by atoms with Gasteiger partial charge in [0.1, 0.15) is 11.6 Å². The summed E-state index contributed by atoms with van der Waals surface area (Å²) >= 11 is 0. The molecule has 1 heterocycles. The lowest BCUT2D eigenvalue weighted by Gasteiger charge is -2.09. The van der Waals surface area contributed by atoms with Crippen LogP contribution in [0, 0.1) is 0 Å². The molecule has 0 aliphatic rings. The van der Waals surface area contributed by atoms with E-state index in [0.717, 1.165) is 37.6 Å². The molecule has 0 spiro atoms. The van der Waals surface area contributed by atoms with Gasteiger partial charge in [0.25, 0.3) is 0 Å². The summed E-state index contributed by atoms with van der Waals surface area (Å²) in [5.41, 5.74) is 1.19. The molecule has 100 valence electrons. The first kappa shape index (κ1) is 13.4. The van der Waals surface area contributed by atoms with Crippen LogP contribution in [0.3, 0.4) is 0 Å². The number of benzene rings is 1. The van der Waals surface area contributed by atoms with E-state index in [1.54, 1.807) is 6.20 Å². The van der Waals surface area contributed by atoms with E-state index in [-0.39, 0.29) is 0 Å². The molecule has 19 heavy (non-hydrogen) atoms. The SMILES string of the molecule is CCCCOc1cccc(CNc2ccccn2)c1. The molecule has 0 unspecified atom stereocenters. The van der Waals surface area contributed by atoms with Gasteiger partial charge in [-0.1, -0.05) is 31.5 Å². The number of hydrogen-bond acceptors (Lipinski definition) is 3. The molecule has 1 N–H and O–H groups in total.